The van der Waals surface area contributed by atoms with Crippen molar-refractivity contribution in [1.82, 2.24) is 15.2 Å². The Balaban J connectivity index is 1.56. The van der Waals surface area contributed by atoms with Gasteiger partial charge in [-0.05, 0) is 37.6 Å². The number of rotatable bonds is 5. The molecule has 2 heterocycles. The Hall–Kier alpha value is -2.60. The van der Waals surface area contributed by atoms with Crippen LogP contribution in [0.25, 0.3) is 0 Å². The van der Waals surface area contributed by atoms with E-state index in [2.05, 4.69) is 27.6 Å². The van der Waals surface area contributed by atoms with Crippen LogP contribution in [0.5, 0.6) is 5.88 Å². The van der Waals surface area contributed by atoms with Gasteiger partial charge in [-0.15, -0.1) is 0 Å². The molecular formula is C19H24N4O2. The van der Waals surface area contributed by atoms with E-state index in [1.54, 1.807) is 18.3 Å². The van der Waals surface area contributed by atoms with Crippen LogP contribution in [-0.4, -0.2) is 42.2 Å². The second kappa shape index (κ2) is 8.48. The Bertz CT molecular complexity index is 685. The molecule has 2 aromatic rings. The minimum absolute atomic E-state index is 0.138. The number of piperidine rings is 1. The van der Waals surface area contributed by atoms with Gasteiger partial charge in [-0.2, -0.15) is 0 Å². The van der Waals surface area contributed by atoms with Crippen molar-refractivity contribution in [2.75, 3.05) is 25.5 Å². The van der Waals surface area contributed by atoms with Crippen molar-refractivity contribution in [3.8, 4) is 5.88 Å². The Morgan fingerprint density at radius 1 is 1.20 bits per heavy atom. The first-order chi connectivity index (χ1) is 12.2. The van der Waals surface area contributed by atoms with E-state index in [1.165, 1.54) is 0 Å². The number of anilines is 1. The summed E-state index contributed by atoms with van der Waals surface area (Å²) in [5.74, 6) is 0.479. The number of carbonyl (C=O) groups is 1. The quantitative estimate of drug-likeness (QED) is 0.878. The molecule has 2 N–H and O–H groups in total. The number of aromatic nitrogens is 1. The van der Waals surface area contributed by atoms with Gasteiger partial charge in [0.25, 0.3) is 0 Å². The summed E-state index contributed by atoms with van der Waals surface area (Å²) in [6.45, 7) is 2.49. The molecule has 132 valence electrons. The van der Waals surface area contributed by atoms with Crippen LogP contribution in [-0.2, 0) is 6.54 Å². The summed E-state index contributed by atoms with van der Waals surface area (Å²) >= 11 is 0. The summed E-state index contributed by atoms with van der Waals surface area (Å²) in [6, 6.07) is 13.1. The first kappa shape index (κ1) is 17.2. The van der Waals surface area contributed by atoms with Crippen LogP contribution in [0.4, 0.5) is 10.5 Å². The number of hydrogen-bond donors (Lipinski definition) is 2. The molecule has 0 saturated carbocycles. The molecule has 3 rings (SSSR count). The molecule has 0 atom stereocenters. The summed E-state index contributed by atoms with van der Waals surface area (Å²) in [4.78, 5) is 18.7. The van der Waals surface area contributed by atoms with E-state index < -0.39 is 0 Å². The SMILES string of the molecule is CN1CCC(Oc2ncccc2NC(=O)NCc2ccccc2)CC1. The van der Waals surface area contributed by atoms with Crippen LogP contribution in [0.15, 0.2) is 48.7 Å². The van der Waals surface area contributed by atoms with Crippen molar-refractivity contribution in [2.24, 2.45) is 0 Å². The van der Waals surface area contributed by atoms with Crippen molar-refractivity contribution in [1.29, 1.82) is 0 Å². The van der Waals surface area contributed by atoms with Crippen molar-refractivity contribution < 1.29 is 9.53 Å². The summed E-state index contributed by atoms with van der Waals surface area (Å²) in [5.41, 5.74) is 1.64. The highest BCUT2D eigenvalue weighted by atomic mass is 16.5. The molecule has 0 spiro atoms. The van der Waals surface area contributed by atoms with Gasteiger partial charge in [-0.25, -0.2) is 9.78 Å². The molecule has 1 aliphatic rings. The molecule has 1 aromatic heterocycles. The number of pyridine rings is 1. The van der Waals surface area contributed by atoms with E-state index in [0.29, 0.717) is 18.1 Å². The Labute approximate surface area is 148 Å². The highest BCUT2D eigenvalue weighted by Gasteiger charge is 2.20. The van der Waals surface area contributed by atoms with E-state index in [4.69, 9.17) is 4.74 Å². The van der Waals surface area contributed by atoms with E-state index in [-0.39, 0.29) is 12.1 Å². The molecule has 0 aliphatic carbocycles. The molecule has 25 heavy (non-hydrogen) atoms. The fraction of sp³-hybridized carbons (Fsp3) is 0.368. The summed E-state index contributed by atoms with van der Waals surface area (Å²) in [5, 5.41) is 5.68. The van der Waals surface area contributed by atoms with Crippen LogP contribution in [0.3, 0.4) is 0 Å². The molecule has 1 fully saturated rings. The molecule has 0 radical (unpaired) electrons. The molecule has 0 bridgehead atoms. The molecule has 1 aliphatic heterocycles. The van der Waals surface area contributed by atoms with Gasteiger partial charge in [0.15, 0.2) is 0 Å². The number of hydrogen-bond acceptors (Lipinski definition) is 4. The highest BCUT2D eigenvalue weighted by molar-refractivity contribution is 5.90. The van der Waals surface area contributed by atoms with Crippen LogP contribution >= 0.6 is 0 Å². The minimum atomic E-state index is -0.273. The number of nitrogens with one attached hydrogen (secondary N) is 2. The lowest BCUT2D eigenvalue weighted by Crippen LogP contribution is -2.36. The van der Waals surface area contributed by atoms with Crippen LogP contribution < -0.4 is 15.4 Å². The van der Waals surface area contributed by atoms with E-state index in [0.717, 1.165) is 31.5 Å². The zero-order chi connectivity index (χ0) is 17.5. The maximum atomic E-state index is 12.2. The van der Waals surface area contributed by atoms with Gasteiger partial charge in [-0.1, -0.05) is 30.3 Å². The third kappa shape index (κ3) is 5.19. The summed E-state index contributed by atoms with van der Waals surface area (Å²) < 4.78 is 6.02. The average Bonchev–Trinajstić information content (AvgIpc) is 2.64. The molecule has 1 saturated heterocycles. The molecule has 2 amide bonds. The molecular weight excluding hydrogens is 316 g/mol. The molecule has 6 nitrogen and oxygen atoms in total. The normalized spacial score (nSPS) is 15.6. The van der Waals surface area contributed by atoms with Gasteiger partial charge in [0, 0.05) is 25.8 Å². The molecule has 6 heteroatoms. The van der Waals surface area contributed by atoms with Crippen molar-refractivity contribution >= 4 is 11.7 Å². The minimum Gasteiger partial charge on any atom is -0.473 e. The maximum Gasteiger partial charge on any atom is 0.319 e. The predicted octanol–water partition coefficient (Wildman–Crippen LogP) is 2.88. The van der Waals surface area contributed by atoms with Crippen molar-refractivity contribution in [3.63, 3.8) is 0 Å². The van der Waals surface area contributed by atoms with Crippen LogP contribution in [0.2, 0.25) is 0 Å². The second-order valence-electron chi connectivity index (χ2n) is 6.27. The number of urea groups is 1. The van der Waals surface area contributed by atoms with Crippen molar-refractivity contribution in [3.05, 3.63) is 54.2 Å². The Morgan fingerprint density at radius 3 is 2.72 bits per heavy atom. The average molecular weight is 340 g/mol. The highest BCUT2D eigenvalue weighted by Crippen LogP contribution is 2.24. The van der Waals surface area contributed by atoms with Crippen molar-refractivity contribution in [2.45, 2.75) is 25.5 Å². The predicted molar refractivity (Wildman–Crippen MR) is 97.7 cm³/mol. The van der Waals surface area contributed by atoms with Gasteiger partial charge in [0.2, 0.25) is 5.88 Å². The van der Waals surface area contributed by atoms with Gasteiger partial charge in [-0.3, -0.25) is 0 Å². The zero-order valence-electron chi connectivity index (χ0n) is 14.4. The number of amides is 2. The van der Waals surface area contributed by atoms with Gasteiger partial charge in [0.05, 0.1) is 0 Å². The maximum absolute atomic E-state index is 12.2. The smallest absolute Gasteiger partial charge is 0.319 e. The van der Waals surface area contributed by atoms with E-state index in [9.17, 15) is 4.79 Å². The number of nitrogens with zero attached hydrogens (tertiary/aromatic N) is 2. The van der Waals surface area contributed by atoms with E-state index >= 15 is 0 Å². The van der Waals surface area contributed by atoms with Crippen LogP contribution in [0.1, 0.15) is 18.4 Å². The van der Waals surface area contributed by atoms with Gasteiger partial charge in [0.1, 0.15) is 11.8 Å². The first-order valence-corrected chi connectivity index (χ1v) is 8.60. The number of ether oxygens (including phenoxy) is 1. The lowest BCUT2D eigenvalue weighted by Gasteiger charge is -2.29. The van der Waals surface area contributed by atoms with Crippen LogP contribution in [0, 0.1) is 0 Å². The second-order valence-corrected chi connectivity index (χ2v) is 6.27. The monoisotopic (exact) mass is 340 g/mol. The standard InChI is InChI=1S/C19H24N4O2/c1-23-12-9-16(10-13-23)25-18-17(8-5-11-20-18)22-19(24)21-14-15-6-3-2-4-7-15/h2-8,11,16H,9-10,12-14H2,1H3,(H2,21,22,24). The number of benzene rings is 1. The number of carbonyl (C=O) groups excluding carboxylic acids is 1. The van der Waals surface area contributed by atoms with E-state index in [1.807, 2.05) is 30.3 Å². The fourth-order valence-electron chi connectivity index (χ4n) is 2.79. The third-order valence-electron chi connectivity index (χ3n) is 4.26. The largest absolute Gasteiger partial charge is 0.473 e. The summed E-state index contributed by atoms with van der Waals surface area (Å²) in [7, 11) is 2.11. The zero-order valence-corrected chi connectivity index (χ0v) is 14.4. The lowest BCUT2D eigenvalue weighted by atomic mass is 10.1. The Morgan fingerprint density at radius 2 is 1.96 bits per heavy atom. The van der Waals surface area contributed by atoms with Gasteiger partial charge < -0.3 is 20.3 Å². The Kier molecular flexibility index (Phi) is 5.85. The lowest BCUT2D eigenvalue weighted by molar-refractivity contribution is 0.110. The third-order valence-corrected chi connectivity index (χ3v) is 4.26. The number of likely N-dealkylation sites (tertiary alicyclic amines) is 1. The topological polar surface area (TPSA) is 66.5 Å². The summed E-state index contributed by atoms with van der Waals surface area (Å²) in [6.07, 6.45) is 3.75. The van der Waals surface area contributed by atoms with Gasteiger partial charge >= 0.3 is 6.03 Å². The molecule has 0 unspecified atom stereocenters. The molecule has 1 aromatic carbocycles. The fourth-order valence-corrected chi connectivity index (χ4v) is 2.79. The first-order valence-electron chi connectivity index (χ1n) is 8.60.